The lowest BCUT2D eigenvalue weighted by Gasteiger charge is -2.35. The molecule has 0 spiro atoms. The average molecular weight is 403 g/mol. The summed E-state index contributed by atoms with van der Waals surface area (Å²) < 4.78 is 11.6. The van der Waals surface area contributed by atoms with Crippen LogP contribution in [0, 0.1) is 0 Å². The van der Waals surface area contributed by atoms with Crippen molar-refractivity contribution in [2.24, 2.45) is 0 Å². The standard InChI is InChI=1S/C23H34N2O4/c1-3-13-24(14-6-7-15-25-22(26)11-4-5-12-23(25)27)18-16-19-20(28-2)9-8-10-21(19)29-17-18/h8-10,18H,3-7,11-17H2,1-2H3. The Morgan fingerprint density at radius 3 is 2.59 bits per heavy atom. The van der Waals surface area contributed by atoms with Crippen molar-refractivity contribution >= 4 is 11.8 Å². The fraction of sp³-hybridized carbons (Fsp3) is 0.652. The van der Waals surface area contributed by atoms with E-state index in [0.717, 1.165) is 68.7 Å². The second kappa shape index (κ2) is 10.6. The Balaban J connectivity index is 1.54. The van der Waals surface area contributed by atoms with E-state index in [1.54, 1.807) is 7.11 Å². The first-order valence-electron chi connectivity index (χ1n) is 11.0. The van der Waals surface area contributed by atoms with E-state index in [4.69, 9.17) is 9.47 Å². The third-order valence-electron chi connectivity index (χ3n) is 5.92. The second-order valence-corrected chi connectivity index (χ2v) is 8.00. The first-order valence-corrected chi connectivity index (χ1v) is 11.0. The zero-order chi connectivity index (χ0) is 20.6. The largest absolute Gasteiger partial charge is 0.496 e. The zero-order valence-electron chi connectivity index (χ0n) is 17.8. The van der Waals surface area contributed by atoms with Crippen LogP contribution in [0.5, 0.6) is 11.5 Å². The minimum atomic E-state index is 0.00213. The Morgan fingerprint density at radius 1 is 1.14 bits per heavy atom. The van der Waals surface area contributed by atoms with Crippen LogP contribution in [0.3, 0.4) is 0 Å². The van der Waals surface area contributed by atoms with Gasteiger partial charge in [-0.3, -0.25) is 19.4 Å². The monoisotopic (exact) mass is 402 g/mol. The van der Waals surface area contributed by atoms with Crippen LogP contribution < -0.4 is 9.47 Å². The smallest absolute Gasteiger partial charge is 0.229 e. The van der Waals surface area contributed by atoms with Gasteiger partial charge in [0.05, 0.1) is 7.11 Å². The number of rotatable bonds is 9. The number of amides is 2. The van der Waals surface area contributed by atoms with Gasteiger partial charge in [-0.05, 0) is 63.7 Å². The van der Waals surface area contributed by atoms with E-state index in [9.17, 15) is 9.59 Å². The molecular weight excluding hydrogens is 368 g/mol. The lowest BCUT2D eigenvalue weighted by Crippen LogP contribution is -2.44. The Bertz CT molecular complexity index is 674. The van der Waals surface area contributed by atoms with Crippen molar-refractivity contribution in [1.29, 1.82) is 0 Å². The molecule has 6 nitrogen and oxygen atoms in total. The number of nitrogens with zero attached hydrogens (tertiary/aromatic N) is 2. The highest BCUT2D eigenvalue weighted by molar-refractivity contribution is 5.95. The molecule has 3 rings (SSSR count). The molecule has 29 heavy (non-hydrogen) atoms. The highest BCUT2D eigenvalue weighted by Gasteiger charge is 2.27. The molecule has 1 unspecified atom stereocenters. The summed E-state index contributed by atoms with van der Waals surface area (Å²) in [5.41, 5.74) is 1.15. The van der Waals surface area contributed by atoms with E-state index >= 15 is 0 Å². The number of hydrogen-bond donors (Lipinski definition) is 0. The number of likely N-dealkylation sites (tertiary alicyclic amines) is 1. The van der Waals surface area contributed by atoms with Crippen molar-refractivity contribution in [1.82, 2.24) is 9.80 Å². The summed E-state index contributed by atoms with van der Waals surface area (Å²) in [4.78, 5) is 28.3. The molecule has 1 atom stereocenters. The predicted molar refractivity (Wildman–Crippen MR) is 112 cm³/mol. The minimum absolute atomic E-state index is 0.00213. The molecule has 1 aromatic carbocycles. The molecule has 1 saturated heterocycles. The number of carbonyl (C=O) groups is 2. The van der Waals surface area contributed by atoms with E-state index in [0.29, 0.717) is 32.0 Å². The lowest BCUT2D eigenvalue weighted by atomic mass is 10.00. The molecule has 2 aliphatic heterocycles. The van der Waals surface area contributed by atoms with Crippen molar-refractivity contribution in [3.63, 3.8) is 0 Å². The normalized spacial score (nSPS) is 19.7. The van der Waals surface area contributed by atoms with Gasteiger partial charge < -0.3 is 9.47 Å². The number of methoxy groups -OCH3 is 1. The molecule has 1 fully saturated rings. The van der Waals surface area contributed by atoms with E-state index in [2.05, 4.69) is 11.8 Å². The molecular formula is C23H34N2O4. The van der Waals surface area contributed by atoms with Crippen LogP contribution >= 0.6 is 0 Å². The van der Waals surface area contributed by atoms with Crippen molar-refractivity contribution in [2.75, 3.05) is 33.4 Å². The van der Waals surface area contributed by atoms with Gasteiger partial charge in [0.1, 0.15) is 18.1 Å². The Labute approximate surface area is 174 Å². The van der Waals surface area contributed by atoms with Crippen molar-refractivity contribution in [3.05, 3.63) is 23.8 Å². The number of benzene rings is 1. The maximum atomic E-state index is 12.1. The van der Waals surface area contributed by atoms with Gasteiger partial charge in [-0.1, -0.05) is 13.0 Å². The Hall–Kier alpha value is -2.08. The van der Waals surface area contributed by atoms with Crippen LogP contribution in [0.2, 0.25) is 0 Å². The number of imide groups is 1. The van der Waals surface area contributed by atoms with Gasteiger partial charge in [0.15, 0.2) is 0 Å². The number of fused-ring (bicyclic) bond motifs is 1. The third-order valence-corrected chi connectivity index (χ3v) is 5.92. The molecule has 6 heteroatoms. The van der Waals surface area contributed by atoms with Crippen LogP contribution in [0.25, 0.3) is 0 Å². The molecule has 0 aromatic heterocycles. The molecule has 2 heterocycles. The van der Waals surface area contributed by atoms with Crippen molar-refractivity contribution < 1.29 is 19.1 Å². The molecule has 1 aromatic rings. The Morgan fingerprint density at radius 2 is 1.90 bits per heavy atom. The lowest BCUT2D eigenvalue weighted by molar-refractivity contribution is -0.143. The molecule has 0 radical (unpaired) electrons. The summed E-state index contributed by atoms with van der Waals surface area (Å²) in [5.74, 6) is 1.82. The predicted octanol–water partition coefficient (Wildman–Crippen LogP) is 3.42. The fourth-order valence-corrected chi connectivity index (χ4v) is 4.35. The number of unbranched alkanes of at least 4 members (excludes halogenated alkanes) is 1. The van der Waals surface area contributed by atoms with Crippen LogP contribution in [-0.2, 0) is 16.0 Å². The summed E-state index contributed by atoms with van der Waals surface area (Å²) >= 11 is 0. The maximum absolute atomic E-state index is 12.1. The average Bonchev–Trinajstić information content (AvgIpc) is 2.90. The molecule has 2 aliphatic rings. The number of ether oxygens (including phenoxy) is 2. The van der Waals surface area contributed by atoms with E-state index in [-0.39, 0.29) is 11.8 Å². The zero-order valence-corrected chi connectivity index (χ0v) is 17.8. The fourth-order valence-electron chi connectivity index (χ4n) is 4.35. The SMILES string of the molecule is CCCN(CCCCN1C(=O)CCCCC1=O)C1COc2cccc(OC)c2C1. The van der Waals surface area contributed by atoms with Gasteiger partial charge in [0, 0.05) is 31.0 Å². The first-order chi connectivity index (χ1) is 14.1. The molecule has 0 saturated carbocycles. The van der Waals surface area contributed by atoms with Gasteiger partial charge in [-0.25, -0.2) is 0 Å². The molecule has 2 amide bonds. The summed E-state index contributed by atoms with van der Waals surface area (Å²) in [6.45, 7) is 5.39. The summed E-state index contributed by atoms with van der Waals surface area (Å²) in [6.07, 6.45) is 6.50. The second-order valence-electron chi connectivity index (χ2n) is 8.00. The molecule has 0 N–H and O–H groups in total. The van der Waals surface area contributed by atoms with Crippen LogP contribution in [0.1, 0.15) is 57.4 Å². The van der Waals surface area contributed by atoms with Gasteiger partial charge in [0.2, 0.25) is 11.8 Å². The van der Waals surface area contributed by atoms with Gasteiger partial charge >= 0.3 is 0 Å². The summed E-state index contributed by atoms with van der Waals surface area (Å²) in [5, 5.41) is 0. The van der Waals surface area contributed by atoms with Crippen molar-refractivity contribution in [3.8, 4) is 11.5 Å². The quantitative estimate of drug-likeness (QED) is 0.468. The van der Waals surface area contributed by atoms with Gasteiger partial charge in [-0.15, -0.1) is 0 Å². The highest BCUT2D eigenvalue weighted by Crippen LogP contribution is 2.34. The maximum Gasteiger partial charge on any atom is 0.229 e. The third kappa shape index (κ3) is 5.50. The van der Waals surface area contributed by atoms with E-state index in [1.165, 1.54) is 4.90 Å². The summed E-state index contributed by atoms with van der Waals surface area (Å²) in [6, 6.07) is 6.28. The Kier molecular flexibility index (Phi) is 7.92. The molecule has 0 aliphatic carbocycles. The molecule has 0 bridgehead atoms. The van der Waals surface area contributed by atoms with Crippen molar-refractivity contribution in [2.45, 2.75) is 64.3 Å². The number of hydrogen-bond acceptors (Lipinski definition) is 5. The van der Waals surface area contributed by atoms with E-state index in [1.807, 2.05) is 18.2 Å². The minimum Gasteiger partial charge on any atom is -0.496 e. The first kappa shape index (κ1) is 21.6. The molecule has 160 valence electrons. The highest BCUT2D eigenvalue weighted by atomic mass is 16.5. The topological polar surface area (TPSA) is 59.1 Å². The van der Waals surface area contributed by atoms with Gasteiger partial charge in [-0.2, -0.15) is 0 Å². The van der Waals surface area contributed by atoms with Crippen LogP contribution in [0.4, 0.5) is 0 Å². The van der Waals surface area contributed by atoms with Crippen LogP contribution in [-0.4, -0.2) is 61.0 Å². The van der Waals surface area contributed by atoms with Gasteiger partial charge in [0.25, 0.3) is 0 Å². The van der Waals surface area contributed by atoms with E-state index < -0.39 is 0 Å². The van der Waals surface area contributed by atoms with Crippen LogP contribution in [0.15, 0.2) is 18.2 Å². The summed E-state index contributed by atoms with van der Waals surface area (Å²) in [7, 11) is 1.70. The number of carbonyl (C=O) groups excluding carboxylic acids is 2.